The largest absolute Gasteiger partial charge is 0.478 e. The highest BCUT2D eigenvalue weighted by Crippen LogP contribution is 2.26. The van der Waals surface area contributed by atoms with Gasteiger partial charge in [0.25, 0.3) is 0 Å². The Bertz CT molecular complexity index is 847. The molecular formula is C17H12N4O2. The molecule has 1 aromatic heterocycles. The molecule has 23 heavy (non-hydrogen) atoms. The van der Waals surface area contributed by atoms with E-state index in [0.29, 0.717) is 5.56 Å². The monoisotopic (exact) mass is 304 g/mol. The van der Waals surface area contributed by atoms with Crippen molar-refractivity contribution in [2.75, 3.05) is 0 Å². The number of rotatable bonds is 4. The molecule has 0 aliphatic heterocycles. The summed E-state index contributed by atoms with van der Waals surface area (Å²) in [6.07, 6.45) is 3.05. The lowest BCUT2D eigenvalue weighted by molar-refractivity contribution is 0.0697. The van der Waals surface area contributed by atoms with Crippen LogP contribution in [0.1, 0.15) is 33.1 Å². The summed E-state index contributed by atoms with van der Waals surface area (Å²) >= 11 is 0. The molecule has 0 fully saturated rings. The van der Waals surface area contributed by atoms with Crippen LogP contribution in [-0.4, -0.2) is 25.8 Å². The molecule has 0 amide bonds. The Kier molecular flexibility index (Phi) is 3.85. The average molecular weight is 304 g/mol. The zero-order chi connectivity index (χ0) is 16.2. The number of hydrogen-bond donors (Lipinski definition) is 1. The fourth-order valence-electron chi connectivity index (χ4n) is 2.40. The van der Waals surface area contributed by atoms with Gasteiger partial charge >= 0.3 is 5.97 Å². The smallest absolute Gasteiger partial charge is 0.335 e. The molecule has 1 unspecified atom stereocenters. The first-order valence-corrected chi connectivity index (χ1v) is 6.86. The van der Waals surface area contributed by atoms with Crippen molar-refractivity contribution < 1.29 is 9.90 Å². The number of carboxylic acids is 1. The van der Waals surface area contributed by atoms with E-state index in [2.05, 4.69) is 16.2 Å². The van der Waals surface area contributed by atoms with Crippen LogP contribution in [0.4, 0.5) is 0 Å². The molecule has 6 heteroatoms. The van der Waals surface area contributed by atoms with E-state index in [9.17, 15) is 4.79 Å². The summed E-state index contributed by atoms with van der Waals surface area (Å²) in [6, 6.07) is 15.7. The number of nitriles is 1. The normalized spacial score (nSPS) is 11.6. The van der Waals surface area contributed by atoms with E-state index >= 15 is 0 Å². The van der Waals surface area contributed by atoms with Gasteiger partial charge in [0.2, 0.25) is 0 Å². The van der Waals surface area contributed by atoms with Gasteiger partial charge in [0, 0.05) is 0 Å². The van der Waals surface area contributed by atoms with Crippen LogP contribution in [0.25, 0.3) is 0 Å². The quantitative estimate of drug-likeness (QED) is 0.799. The minimum absolute atomic E-state index is 0.228. The van der Waals surface area contributed by atoms with E-state index < -0.39 is 5.97 Å². The van der Waals surface area contributed by atoms with Crippen molar-refractivity contribution in [2.45, 2.75) is 6.04 Å². The maximum absolute atomic E-state index is 11.0. The molecule has 0 radical (unpaired) electrons. The first kappa shape index (κ1) is 14.5. The van der Waals surface area contributed by atoms with Gasteiger partial charge in [0.1, 0.15) is 18.7 Å². The second-order valence-corrected chi connectivity index (χ2v) is 4.94. The lowest BCUT2D eigenvalue weighted by Gasteiger charge is -2.18. The zero-order valence-corrected chi connectivity index (χ0v) is 12.0. The maximum Gasteiger partial charge on any atom is 0.335 e. The molecule has 0 saturated carbocycles. The molecule has 3 aromatic rings. The summed E-state index contributed by atoms with van der Waals surface area (Å²) in [5, 5.41) is 22.1. The number of nitrogens with zero attached hydrogens (tertiary/aromatic N) is 4. The number of hydrogen-bond acceptors (Lipinski definition) is 4. The van der Waals surface area contributed by atoms with E-state index in [0.717, 1.165) is 11.1 Å². The molecule has 0 saturated heterocycles. The van der Waals surface area contributed by atoms with E-state index in [1.165, 1.54) is 6.33 Å². The van der Waals surface area contributed by atoms with Gasteiger partial charge in [-0.1, -0.05) is 24.3 Å². The van der Waals surface area contributed by atoms with Gasteiger partial charge in [-0.25, -0.2) is 14.5 Å². The number of aromatic carboxylic acids is 1. The second kappa shape index (κ2) is 6.12. The molecule has 0 aliphatic rings. The molecule has 3 rings (SSSR count). The lowest BCUT2D eigenvalue weighted by Crippen LogP contribution is -2.13. The Balaban J connectivity index is 2.05. The van der Waals surface area contributed by atoms with Crippen LogP contribution in [-0.2, 0) is 0 Å². The molecule has 1 atom stereocenters. The summed E-state index contributed by atoms with van der Waals surface area (Å²) in [7, 11) is 0. The Morgan fingerprint density at radius 3 is 2.17 bits per heavy atom. The van der Waals surface area contributed by atoms with Gasteiger partial charge in [0.05, 0.1) is 17.2 Å². The van der Waals surface area contributed by atoms with E-state index in [1.807, 2.05) is 12.1 Å². The summed E-state index contributed by atoms with van der Waals surface area (Å²) in [4.78, 5) is 15.0. The van der Waals surface area contributed by atoms with Crippen molar-refractivity contribution in [1.82, 2.24) is 14.8 Å². The molecule has 0 spiro atoms. The zero-order valence-electron chi connectivity index (χ0n) is 12.0. The Hall–Kier alpha value is -3.46. The topological polar surface area (TPSA) is 91.8 Å². The van der Waals surface area contributed by atoms with E-state index in [4.69, 9.17) is 10.4 Å². The molecule has 2 aromatic carbocycles. The Morgan fingerprint density at radius 2 is 1.70 bits per heavy atom. The van der Waals surface area contributed by atoms with Crippen molar-refractivity contribution >= 4 is 5.97 Å². The molecule has 1 N–H and O–H groups in total. The molecule has 112 valence electrons. The minimum atomic E-state index is -0.966. The van der Waals surface area contributed by atoms with Gasteiger partial charge in [-0.05, 0) is 35.4 Å². The van der Waals surface area contributed by atoms with Crippen LogP contribution >= 0.6 is 0 Å². The summed E-state index contributed by atoms with van der Waals surface area (Å²) in [6.45, 7) is 0. The van der Waals surface area contributed by atoms with Crippen molar-refractivity contribution in [1.29, 1.82) is 5.26 Å². The van der Waals surface area contributed by atoms with Crippen LogP contribution in [0.3, 0.4) is 0 Å². The maximum atomic E-state index is 11.0. The lowest BCUT2D eigenvalue weighted by atomic mass is 9.97. The summed E-state index contributed by atoms with van der Waals surface area (Å²) < 4.78 is 1.69. The predicted molar refractivity (Wildman–Crippen MR) is 81.8 cm³/mol. The van der Waals surface area contributed by atoms with Gasteiger partial charge in [0.15, 0.2) is 0 Å². The van der Waals surface area contributed by atoms with Crippen molar-refractivity contribution in [3.63, 3.8) is 0 Å². The standard InChI is InChI=1S/C17H12N4O2/c18-9-12-1-3-13(4-2-12)16(21-11-19-10-20-21)14-5-7-15(8-6-14)17(22)23/h1-8,10-11,16H,(H,22,23). The fraction of sp³-hybridized carbons (Fsp3) is 0.0588. The number of aromatic nitrogens is 3. The Morgan fingerprint density at radius 1 is 1.09 bits per heavy atom. The molecule has 0 aliphatic carbocycles. The molecule has 0 bridgehead atoms. The average Bonchev–Trinajstić information content (AvgIpc) is 3.10. The van der Waals surface area contributed by atoms with Gasteiger partial charge in [-0.15, -0.1) is 0 Å². The first-order valence-electron chi connectivity index (χ1n) is 6.86. The first-order chi connectivity index (χ1) is 11.2. The van der Waals surface area contributed by atoms with E-state index in [1.54, 1.807) is 47.4 Å². The highest BCUT2D eigenvalue weighted by Gasteiger charge is 2.17. The third kappa shape index (κ3) is 2.94. The number of carbonyl (C=O) groups is 1. The number of benzene rings is 2. The highest BCUT2D eigenvalue weighted by atomic mass is 16.4. The highest BCUT2D eigenvalue weighted by molar-refractivity contribution is 5.87. The summed E-state index contributed by atoms with van der Waals surface area (Å²) in [5.74, 6) is -0.966. The van der Waals surface area contributed by atoms with Gasteiger partial charge in [-0.2, -0.15) is 10.4 Å². The number of carboxylic acid groups (broad SMARTS) is 1. The Labute approximate surface area is 132 Å². The fourth-order valence-corrected chi connectivity index (χ4v) is 2.40. The SMILES string of the molecule is N#Cc1ccc(C(c2ccc(C(=O)O)cc2)n2cncn2)cc1. The predicted octanol–water partition coefficient (Wildman–Crippen LogP) is 2.49. The van der Waals surface area contributed by atoms with E-state index in [-0.39, 0.29) is 11.6 Å². The molecule has 1 heterocycles. The van der Waals surface area contributed by atoms with Crippen molar-refractivity contribution in [2.24, 2.45) is 0 Å². The summed E-state index contributed by atoms with van der Waals surface area (Å²) in [5.41, 5.74) is 2.61. The molecular weight excluding hydrogens is 292 g/mol. The third-order valence-corrected chi connectivity index (χ3v) is 3.53. The third-order valence-electron chi connectivity index (χ3n) is 3.53. The second-order valence-electron chi connectivity index (χ2n) is 4.94. The van der Waals surface area contributed by atoms with Crippen LogP contribution < -0.4 is 0 Å². The van der Waals surface area contributed by atoms with Crippen LogP contribution in [0, 0.1) is 11.3 Å². The molecule has 6 nitrogen and oxygen atoms in total. The van der Waals surface area contributed by atoms with Crippen LogP contribution in [0.2, 0.25) is 0 Å². The van der Waals surface area contributed by atoms with Crippen molar-refractivity contribution in [3.05, 3.63) is 83.4 Å². The van der Waals surface area contributed by atoms with Crippen molar-refractivity contribution in [3.8, 4) is 6.07 Å². The van der Waals surface area contributed by atoms with Crippen LogP contribution in [0.15, 0.2) is 61.2 Å². The van der Waals surface area contributed by atoms with Gasteiger partial charge in [-0.3, -0.25) is 0 Å². The van der Waals surface area contributed by atoms with Gasteiger partial charge < -0.3 is 5.11 Å². The minimum Gasteiger partial charge on any atom is -0.478 e. The van der Waals surface area contributed by atoms with Crippen LogP contribution in [0.5, 0.6) is 0 Å².